The summed E-state index contributed by atoms with van der Waals surface area (Å²) in [7, 11) is 4.33. The lowest BCUT2D eigenvalue weighted by Gasteiger charge is -2.38. The van der Waals surface area contributed by atoms with Gasteiger partial charge in [0.05, 0.1) is 11.4 Å². The third-order valence-corrected chi connectivity index (χ3v) is 5.03. The second-order valence-electron chi connectivity index (χ2n) is 6.82. The van der Waals surface area contributed by atoms with Gasteiger partial charge in [0.25, 0.3) is 0 Å². The van der Waals surface area contributed by atoms with Gasteiger partial charge in [-0.05, 0) is 58.0 Å². The molecule has 0 N–H and O–H groups in total. The molecule has 22 heavy (non-hydrogen) atoms. The summed E-state index contributed by atoms with van der Waals surface area (Å²) in [6, 6.07) is 7.22. The highest BCUT2D eigenvalue weighted by molar-refractivity contribution is 5.98. The van der Waals surface area contributed by atoms with Crippen LogP contribution in [-0.2, 0) is 4.79 Å². The molecule has 2 aliphatic heterocycles. The summed E-state index contributed by atoms with van der Waals surface area (Å²) < 4.78 is 0. The third kappa shape index (κ3) is 2.98. The van der Waals surface area contributed by atoms with Crippen LogP contribution in [0.1, 0.15) is 31.2 Å². The number of piperidine rings is 1. The van der Waals surface area contributed by atoms with Crippen LogP contribution in [0.3, 0.4) is 0 Å². The van der Waals surface area contributed by atoms with Gasteiger partial charge in [0.2, 0.25) is 5.91 Å². The maximum absolute atomic E-state index is 12.2. The molecule has 0 atom stereocenters. The minimum absolute atomic E-state index is 0.273. The number of hydrogen-bond donors (Lipinski definition) is 0. The highest BCUT2D eigenvalue weighted by Gasteiger charge is 2.27. The monoisotopic (exact) mass is 301 g/mol. The zero-order valence-corrected chi connectivity index (χ0v) is 14.0. The molecule has 2 fully saturated rings. The smallest absolute Gasteiger partial charge is 0.227 e. The SMILES string of the molecule is Cc1ccc(N2CCC(N(C)C)CC2)c(N2CCCC2=O)c1. The van der Waals surface area contributed by atoms with Crippen LogP contribution < -0.4 is 9.80 Å². The van der Waals surface area contributed by atoms with Gasteiger partial charge in [-0.3, -0.25) is 4.79 Å². The third-order valence-electron chi connectivity index (χ3n) is 5.03. The number of rotatable bonds is 3. The van der Waals surface area contributed by atoms with E-state index in [9.17, 15) is 4.79 Å². The van der Waals surface area contributed by atoms with E-state index in [0.29, 0.717) is 12.5 Å². The van der Waals surface area contributed by atoms with Gasteiger partial charge in [0, 0.05) is 32.1 Å². The highest BCUT2D eigenvalue weighted by Crippen LogP contribution is 2.35. The first kappa shape index (κ1) is 15.3. The molecule has 3 rings (SSSR count). The van der Waals surface area contributed by atoms with Crippen LogP contribution >= 0.6 is 0 Å². The van der Waals surface area contributed by atoms with Crippen molar-refractivity contribution >= 4 is 17.3 Å². The summed E-state index contributed by atoms with van der Waals surface area (Å²) in [5, 5.41) is 0. The van der Waals surface area contributed by atoms with Crippen molar-refractivity contribution < 1.29 is 4.79 Å². The van der Waals surface area contributed by atoms with E-state index in [1.54, 1.807) is 0 Å². The standard InChI is InChI=1S/C18H27N3O/c1-14-6-7-16(17(13-14)21-10-4-5-18(21)22)20-11-8-15(9-12-20)19(2)3/h6-7,13,15H,4-5,8-12H2,1-3H3. The predicted molar refractivity (Wildman–Crippen MR) is 91.7 cm³/mol. The van der Waals surface area contributed by atoms with Crippen LogP contribution in [0.4, 0.5) is 11.4 Å². The average Bonchev–Trinajstić information content (AvgIpc) is 2.93. The maximum atomic E-state index is 12.2. The van der Waals surface area contributed by atoms with Crippen LogP contribution in [0.15, 0.2) is 18.2 Å². The van der Waals surface area contributed by atoms with Crippen LogP contribution in [-0.4, -0.2) is 50.6 Å². The minimum atomic E-state index is 0.273. The Kier molecular flexibility index (Phi) is 4.39. The number of amides is 1. The molecular weight excluding hydrogens is 274 g/mol. The Labute approximate surface area is 133 Å². The fourth-order valence-corrected chi connectivity index (χ4v) is 3.64. The number of aryl methyl sites for hydroxylation is 1. The molecule has 4 heteroatoms. The molecule has 0 bridgehead atoms. The van der Waals surface area contributed by atoms with Gasteiger partial charge >= 0.3 is 0 Å². The molecule has 0 aliphatic carbocycles. The Morgan fingerprint density at radius 2 is 1.82 bits per heavy atom. The van der Waals surface area contributed by atoms with Gasteiger partial charge in [0.15, 0.2) is 0 Å². The Balaban J connectivity index is 1.83. The molecule has 120 valence electrons. The van der Waals surface area contributed by atoms with Crippen LogP contribution in [0.5, 0.6) is 0 Å². The second kappa shape index (κ2) is 6.29. The molecule has 2 saturated heterocycles. The van der Waals surface area contributed by atoms with E-state index < -0.39 is 0 Å². The summed E-state index contributed by atoms with van der Waals surface area (Å²) in [5.41, 5.74) is 3.57. The van der Waals surface area contributed by atoms with Crippen LogP contribution in [0, 0.1) is 6.92 Å². The average molecular weight is 301 g/mol. The summed E-state index contributed by atoms with van der Waals surface area (Å²) in [6.07, 6.45) is 4.05. The van der Waals surface area contributed by atoms with Crippen molar-refractivity contribution in [3.63, 3.8) is 0 Å². The zero-order valence-electron chi connectivity index (χ0n) is 14.0. The number of nitrogens with zero attached hydrogens (tertiary/aromatic N) is 3. The lowest BCUT2D eigenvalue weighted by molar-refractivity contribution is -0.117. The molecule has 1 amide bonds. The number of anilines is 2. The largest absolute Gasteiger partial charge is 0.370 e. The fraction of sp³-hybridized carbons (Fsp3) is 0.611. The summed E-state index contributed by atoms with van der Waals surface area (Å²) in [6.45, 7) is 5.11. The van der Waals surface area contributed by atoms with Crippen molar-refractivity contribution in [2.75, 3.05) is 43.5 Å². The van der Waals surface area contributed by atoms with Gasteiger partial charge in [-0.25, -0.2) is 0 Å². The lowest BCUT2D eigenvalue weighted by atomic mass is 10.0. The van der Waals surface area contributed by atoms with E-state index in [2.05, 4.69) is 49.0 Å². The molecule has 1 aromatic rings. The summed E-state index contributed by atoms with van der Waals surface area (Å²) >= 11 is 0. The first-order chi connectivity index (χ1) is 10.6. The van der Waals surface area contributed by atoms with E-state index in [-0.39, 0.29) is 5.91 Å². The Bertz CT molecular complexity index is 547. The molecule has 2 heterocycles. The van der Waals surface area contributed by atoms with E-state index in [4.69, 9.17) is 0 Å². The van der Waals surface area contributed by atoms with Gasteiger partial charge < -0.3 is 14.7 Å². The minimum Gasteiger partial charge on any atom is -0.370 e. The molecule has 4 nitrogen and oxygen atoms in total. The topological polar surface area (TPSA) is 26.8 Å². The van der Waals surface area contributed by atoms with Gasteiger partial charge in [-0.15, -0.1) is 0 Å². The lowest BCUT2D eigenvalue weighted by Crippen LogP contribution is -2.42. The van der Waals surface area contributed by atoms with Crippen molar-refractivity contribution in [3.05, 3.63) is 23.8 Å². The van der Waals surface area contributed by atoms with Crippen molar-refractivity contribution in [1.29, 1.82) is 0 Å². The first-order valence-electron chi connectivity index (χ1n) is 8.38. The Hall–Kier alpha value is -1.55. The normalized spacial score (nSPS) is 20.3. The number of carbonyl (C=O) groups excluding carboxylic acids is 1. The van der Waals surface area contributed by atoms with E-state index >= 15 is 0 Å². The second-order valence-corrected chi connectivity index (χ2v) is 6.82. The summed E-state index contributed by atoms with van der Waals surface area (Å²) in [5.74, 6) is 0.273. The molecule has 0 saturated carbocycles. The first-order valence-corrected chi connectivity index (χ1v) is 8.38. The maximum Gasteiger partial charge on any atom is 0.227 e. The Morgan fingerprint density at radius 3 is 2.41 bits per heavy atom. The molecule has 2 aliphatic rings. The quantitative estimate of drug-likeness (QED) is 0.859. The predicted octanol–water partition coefficient (Wildman–Crippen LogP) is 2.65. The molecule has 0 unspecified atom stereocenters. The van der Waals surface area contributed by atoms with Gasteiger partial charge in [-0.1, -0.05) is 6.07 Å². The molecular formula is C18H27N3O. The number of hydrogen-bond acceptors (Lipinski definition) is 3. The molecule has 0 radical (unpaired) electrons. The number of benzene rings is 1. The van der Waals surface area contributed by atoms with Crippen molar-refractivity contribution in [3.8, 4) is 0 Å². The molecule has 0 spiro atoms. The van der Waals surface area contributed by atoms with E-state index in [1.807, 2.05) is 4.90 Å². The van der Waals surface area contributed by atoms with Crippen LogP contribution in [0.25, 0.3) is 0 Å². The number of carbonyl (C=O) groups is 1. The molecule has 1 aromatic carbocycles. The highest BCUT2D eigenvalue weighted by atomic mass is 16.2. The van der Waals surface area contributed by atoms with E-state index in [1.165, 1.54) is 24.1 Å². The van der Waals surface area contributed by atoms with Gasteiger partial charge in [0.1, 0.15) is 0 Å². The molecule has 0 aromatic heterocycles. The van der Waals surface area contributed by atoms with Crippen molar-refractivity contribution in [2.24, 2.45) is 0 Å². The van der Waals surface area contributed by atoms with Crippen LogP contribution in [0.2, 0.25) is 0 Å². The van der Waals surface area contributed by atoms with Gasteiger partial charge in [-0.2, -0.15) is 0 Å². The summed E-state index contributed by atoms with van der Waals surface area (Å²) in [4.78, 5) is 18.9. The Morgan fingerprint density at radius 1 is 1.09 bits per heavy atom. The zero-order chi connectivity index (χ0) is 15.7. The van der Waals surface area contributed by atoms with Crippen molar-refractivity contribution in [1.82, 2.24) is 4.90 Å². The fourth-order valence-electron chi connectivity index (χ4n) is 3.64. The van der Waals surface area contributed by atoms with E-state index in [0.717, 1.165) is 31.7 Å². The van der Waals surface area contributed by atoms with Crippen molar-refractivity contribution in [2.45, 2.75) is 38.6 Å².